The van der Waals surface area contributed by atoms with Crippen molar-refractivity contribution in [3.05, 3.63) is 35.9 Å². The summed E-state index contributed by atoms with van der Waals surface area (Å²) in [5.74, 6) is 0. The first-order valence-corrected chi connectivity index (χ1v) is 7.83. The number of benzene rings is 1. The number of likely N-dealkylation sites (N-methyl/N-ethyl adjacent to an activating group) is 1. The molecule has 4 atom stereocenters. The summed E-state index contributed by atoms with van der Waals surface area (Å²) in [6.45, 7) is 3.22. The van der Waals surface area contributed by atoms with Gasteiger partial charge in [0.05, 0.1) is 6.10 Å². The molecule has 2 N–H and O–H groups in total. The first kappa shape index (κ1) is 16.4. The molecule has 0 aliphatic carbocycles. The van der Waals surface area contributed by atoms with E-state index in [1.165, 1.54) is 6.42 Å². The molecular weight excluding hydrogens is 264 g/mol. The highest BCUT2D eigenvalue weighted by atomic mass is 16.5. The molecule has 1 heterocycles. The van der Waals surface area contributed by atoms with Gasteiger partial charge in [0.25, 0.3) is 0 Å². The second-order valence-corrected chi connectivity index (χ2v) is 6.05. The predicted octanol–water partition coefficient (Wildman–Crippen LogP) is 1.63. The number of likely N-dealkylation sites (tertiary alicyclic amines) is 1. The van der Waals surface area contributed by atoms with E-state index in [9.17, 15) is 5.11 Å². The van der Waals surface area contributed by atoms with Gasteiger partial charge in [-0.25, -0.2) is 0 Å². The van der Waals surface area contributed by atoms with Crippen LogP contribution in [0.3, 0.4) is 0 Å². The van der Waals surface area contributed by atoms with E-state index in [0.717, 1.165) is 18.5 Å². The predicted molar refractivity (Wildman–Crippen MR) is 85.2 cm³/mol. The molecule has 1 saturated heterocycles. The highest BCUT2D eigenvalue weighted by Gasteiger charge is 2.33. The normalized spacial score (nSPS) is 23.9. The lowest BCUT2D eigenvalue weighted by atomic mass is 10.0. The van der Waals surface area contributed by atoms with E-state index in [1.807, 2.05) is 30.3 Å². The van der Waals surface area contributed by atoms with E-state index in [0.29, 0.717) is 12.5 Å². The number of aliphatic hydroxyl groups is 1. The fourth-order valence-electron chi connectivity index (χ4n) is 3.34. The van der Waals surface area contributed by atoms with Crippen molar-refractivity contribution < 1.29 is 9.84 Å². The van der Waals surface area contributed by atoms with Crippen LogP contribution in [0.5, 0.6) is 0 Å². The van der Waals surface area contributed by atoms with Crippen LogP contribution in [0.4, 0.5) is 0 Å². The second kappa shape index (κ2) is 7.90. The fourth-order valence-corrected chi connectivity index (χ4v) is 3.34. The van der Waals surface area contributed by atoms with Crippen LogP contribution in [0.15, 0.2) is 30.3 Å². The third kappa shape index (κ3) is 4.51. The van der Waals surface area contributed by atoms with E-state index < -0.39 is 6.23 Å². The molecule has 4 unspecified atom stereocenters. The Bertz CT molecular complexity index is 413. The van der Waals surface area contributed by atoms with Crippen LogP contribution in [-0.4, -0.2) is 55.1 Å². The number of ether oxygens (including phenoxy) is 1. The molecule has 0 aromatic heterocycles. The van der Waals surface area contributed by atoms with Crippen LogP contribution in [0.1, 0.15) is 25.3 Å². The smallest absolute Gasteiger partial charge is 0.109 e. The molecule has 1 aromatic carbocycles. The molecule has 0 amide bonds. The topological polar surface area (TPSA) is 44.7 Å². The summed E-state index contributed by atoms with van der Waals surface area (Å²) < 4.78 is 5.70. The zero-order valence-electron chi connectivity index (χ0n) is 13.3. The quantitative estimate of drug-likeness (QED) is 0.750. The van der Waals surface area contributed by atoms with Crippen LogP contribution in [0.25, 0.3) is 0 Å². The van der Waals surface area contributed by atoms with Gasteiger partial charge in [-0.1, -0.05) is 30.3 Å². The molecule has 4 heteroatoms. The van der Waals surface area contributed by atoms with Crippen molar-refractivity contribution >= 4 is 0 Å². The van der Waals surface area contributed by atoms with Crippen LogP contribution < -0.4 is 5.32 Å². The number of rotatable bonds is 7. The average Bonchev–Trinajstić information content (AvgIpc) is 2.87. The Morgan fingerprint density at radius 2 is 2.10 bits per heavy atom. The van der Waals surface area contributed by atoms with Crippen molar-refractivity contribution in [3.63, 3.8) is 0 Å². The minimum atomic E-state index is -0.549. The van der Waals surface area contributed by atoms with Gasteiger partial charge in [-0.15, -0.1) is 0 Å². The Hall–Kier alpha value is -0.940. The summed E-state index contributed by atoms with van der Waals surface area (Å²) in [5.41, 5.74) is 1.14. The van der Waals surface area contributed by atoms with E-state index in [-0.39, 0.29) is 12.1 Å². The highest BCUT2D eigenvalue weighted by Crippen LogP contribution is 2.22. The molecule has 0 spiro atoms. The molecule has 0 saturated carbocycles. The van der Waals surface area contributed by atoms with Gasteiger partial charge in [-0.05, 0) is 38.9 Å². The van der Waals surface area contributed by atoms with Crippen molar-refractivity contribution in [3.8, 4) is 0 Å². The van der Waals surface area contributed by atoms with Crippen molar-refractivity contribution in [2.75, 3.05) is 20.7 Å². The lowest BCUT2D eigenvalue weighted by molar-refractivity contribution is -0.00150. The third-order valence-electron chi connectivity index (χ3n) is 4.45. The van der Waals surface area contributed by atoms with Gasteiger partial charge in [0.2, 0.25) is 0 Å². The minimum Gasteiger partial charge on any atom is -0.378 e. The van der Waals surface area contributed by atoms with Crippen molar-refractivity contribution in [1.29, 1.82) is 0 Å². The average molecular weight is 292 g/mol. The molecule has 0 radical (unpaired) electrons. The Labute approximate surface area is 128 Å². The molecule has 1 fully saturated rings. The third-order valence-corrected chi connectivity index (χ3v) is 4.45. The minimum absolute atomic E-state index is 0.0999. The summed E-state index contributed by atoms with van der Waals surface area (Å²) in [5, 5.41) is 13.5. The Balaban J connectivity index is 1.88. The van der Waals surface area contributed by atoms with E-state index >= 15 is 0 Å². The fraction of sp³-hybridized carbons (Fsp3) is 0.647. The number of nitrogens with one attached hydrogen (secondary N) is 1. The zero-order chi connectivity index (χ0) is 15.2. The van der Waals surface area contributed by atoms with Crippen LogP contribution >= 0.6 is 0 Å². The summed E-state index contributed by atoms with van der Waals surface area (Å²) >= 11 is 0. The summed E-state index contributed by atoms with van der Waals surface area (Å²) in [7, 11) is 3.91. The lowest BCUT2D eigenvalue weighted by Gasteiger charge is -2.34. The number of methoxy groups -OCH3 is 1. The number of hydrogen-bond donors (Lipinski definition) is 2. The van der Waals surface area contributed by atoms with Crippen LogP contribution in [-0.2, 0) is 11.2 Å². The van der Waals surface area contributed by atoms with Gasteiger partial charge in [0, 0.05) is 25.6 Å². The van der Waals surface area contributed by atoms with Gasteiger partial charge in [-0.2, -0.15) is 0 Å². The monoisotopic (exact) mass is 292 g/mol. The first-order valence-electron chi connectivity index (χ1n) is 7.83. The number of hydrogen-bond acceptors (Lipinski definition) is 4. The lowest BCUT2D eigenvalue weighted by Crippen LogP contribution is -2.52. The van der Waals surface area contributed by atoms with Crippen molar-refractivity contribution in [1.82, 2.24) is 10.2 Å². The number of nitrogens with zero attached hydrogens (tertiary/aromatic N) is 1. The van der Waals surface area contributed by atoms with Gasteiger partial charge in [-0.3, -0.25) is 5.32 Å². The van der Waals surface area contributed by atoms with E-state index in [1.54, 1.807) is 7.11 Å². The summed E-state index contributed by atoms with van der Waals surface area (Å²) in [6, 6.07) is 10.6. The molecule has 118 valence electrons. The van der Waals surface area contributed by atoms with Crippen molar-refractivity contribution in [2.24, 2.45) is 0 Å². The van der Waals surface area contributed by atoms with E-state index in [2.05, 4.69) is 24.2 Å². The molecule has 4 nitrogen and oxygen atoms in total. The SMILES string of the molecule is COC(C(C)NC(O)Cc1ccccc1)C1CCCN1C. The van der Waals surface area contributed by atoms with Crippen LogP contribution in [0.2, 0.25) is 0 Å². The Morgan fingerprint density at radius 1 is 1.38 bits per heavy atom. The molecule has 1 aliphatic heterocycles. The zero-order valence-corrected chi connectivity index (χ0v) is 13.3. The van der Waals surface area contributed by atoms with Gasteiger partial charge in [0.1, 0.15) is 6.23 Å². The maximum Gasteiger partial charge on any atom is 0.109 e. The van der Waals surface area contributed by atoms with Gasteiger partial charge in [0.15, 0.2) is 0 Å². The second-order valence-electron chi connectivity index (χ2n) is 6.05. The number of aliphatic hydroxyl groups excluding tert-OH is 1. The molecular formula is C17H28N2O2. The van der Waals surface area contributed by atoms with Gasteiger partial charge >= 0.3 is 0 Å². The maximum atomic E-state index is 10.2. The van der Waals surface area contributed by atoms with Gasteiger partial charge < -0.3 is 14.7 Å². The highest BCUT2D eigenvalue weighted by molar-refractivity contribution is 5.15. The largest absolute Gasteiger partial charge is 0.378 e. The Kier molecular flexibility index (Phi) is 6.18. The summed E-state index contributed by atoms with van der Waals surface area (Å²) in [4.78, 5) is 2.36. The first-order chi connectivity index (χ1) is 10.1. The molecule has 1 aromatic rings. The molecule has 0 bridgehead atoms. The van der Waals surface area contributed by atoms with Crippen molar-refractivity contribution in [2.45, 2.75) is 50.6 Å². The van der Waals surface area contributed by atoms with Crippen LogP contribution in [0, 0.1) is 0 Å². The molecule has 21 heavy (non-hydrogen) atoms. The summed E-state index contributed by atoms with van der Waals surface area (Å²) in [6.07, 6.45) is 2.55. The standard InChI is InChI=1S/C17H28N2O2/c1-13(17(21-3)15-10-7-11-19(15)2)18-16(20)12-14-8-5-4-6-9-14/h4-6,8-9,13,15-18,20H,7,10-12H2,1-3H3. The van der Waals surface area contributed by atoms with E-state index in [4.69, 9.17) is 4.74 Å². The molecule has 2 rings (SSSR count). The molecule has 1 aliphatic rings. The Morgan fingerprint density at radius 3 is 2.67 bits per heavy atom. The maximum absolute atomic E-state index is 10.2.